The second-order valence-corrected chi connectivity index (χ2v) is 6.30. The number of hydrogen-bond donors (Lipinski definition) is 0. The molecule has 1 aliphatic heterocycles. The first kappa shape index (κ1) is 16.5. The van der Waals surface area contributed by atoms with Gasteiger partial charge >= 0.3 is 17.8 Å². The molecule has 0 radical (unpaired) electrons. The lowest BCUT2D eigenvalue weighted by molar-refractivity contribution is -0.169. The molecule has 1 unspecified atom stereocenters. The molecule has 1 saturated heterocycles. The van der Waals surface area contributed by atoms with E-state index in [1.807, 2.05) is 13.8 Å². The molecule has 0 aliphatic carbocycles. The van der Waals surface area contributed by atoms with E-state index in [0.717, 1.165) is 0 Å². The molecule has 0 saturated carbocycles. The third-order valence-electron chi connectivity index (χ3n) is 3.13. The molecule has 0 aromatic carbocycles. The van der Waals surface area contributed by atoms with Crippen LogP contribution < -0.4 is 0 Å². The number of piperazine rings is 1. The summed E-state index contributed by atoms with van der Waals surface area (Å²) in [5.41, 5.74) is -0.613. The fourth-order valence-electron chi connectivity index (χ4n) is 2.04. The van der Waals surface area contributed by atoms with Gasteiger partial charge in [-0.3, -0.25) is 9.59 Å². The van der Waals surface area contributed by atoms with Crippen molar-refractivity contribution in [2.45, 2.75) is 59.2 Å². The average molecular weight is 284 g/mol. The van der Waals surface area contributed by atoms with Crippen molar-refractivity contribution in [3.63, 3.8) is 0 Å². The summed E-state index contributed by atoms with van der Waals surface area (Å²) < 4.78 is 5.25. The molecule has 114 valence electrons. The third kappa shape index (κ3) is 3.71. The monoisotopic (exact) mass is 284 g/mol. The highest BCUT2D eigenvalue weighted by molar-refractivity contribution is 6.35. The Morgan fingerprint density at radius 1 is 1.05 bits per heavy atom. The van der Waals surface area contributed by atoms with Gasteiger partial charge in [-0.2, -0.15) is 0 Å². The van der Waals surface area contributed by atoms with Gasteiger partial charge in [0.15, 0.2) is 0 Å². The average Bonchev–Trinajstić information content (AvgIpc) is 2.29. The Morgan fingerprint density at radius 3 is 1.95 bits per heavy atom. The molecule has 0 bridgehead atoms. The number of amides is 2. The van der Waals surface area contributed by atoms with E-state index in [1.165, 1.54) is 9.80 Å². The Balaban J connectivity index is 2.76. The van der Waals surface area contributed by atoms with Crippen LogP contribution in [0.25, 0.3) is 0 Å². The van der Waals surface area contributed by atoms with Crippen LogP contribution in [0.3, 0.4) is 0 Å². The van der Waals surface area contributed by atoms with Crippen LogP contribution in [0.4, 0.5) is 0 Å². The van der Waals surface area contributed by atoms with Crippen molar-refractivity contribution in [2.24, 2.45) is 0 Å². The molecule has 6 nitrogen and oxygen atoms in total. The van der Waals surface area contributed by atoms with Crippen LogP contribution in [0.5, 0.6) is 0 Å². The maximum Gasteiger partial charge on any atom is 0.329 e. The molecular weight excluding hydrogens is 260 g/mol. The lowest BCUT2D eigenvalue weighted by atomic mass is 10.1. The number of ether oxygens (including phenoxy) is 1. The molecule has 0 spiro atoms. The second-order valence-electron chi connectivity index (χ2n) is 6.30. The maximum absolute atomic E-state index is 12.1. The van der Waals surface area contributed by atoms with Crippen molar-refractivity contribution in [3.8, 4) is 0 Å². The summed E-state index contributed by atoms with van der Waals surface area (Å²) in [5.74, 6) is -1.68. The molecule has 1 fully saturated rings. The summed E-state index contributed by atoms with van der Waals surface area (Å²) in [6, 6.07) is -0.773. The summed E-state index contributed by atoms with van der Waals surface area (Å²) in [4.78, 5) is 38.8. The van der Waals surface area contributed by atoms with Gasteiger partial charge in [0, 0.05) is 19.1 Å². The Bertz CT molecular complexity index is 412. The van der Waals surface area contributed by atoms with Crippen molar-refractivity contribution >= 4 is 17.8 Å². The smallest absolute Gasteiger partial charge is 0.329 e. The third-order valence-corrected chi connectivity index (χ3v) is 3.13. The van der Waals surface area contributed by atoms with Crippen molar-refractivity contribution in [2.75, 3.05) is 13.1 Å². The largest absolute Gasteiger partial charge is 0.458 e. The molecule has 1 heterocycles. The lowest BCUT2D eigenvalue weighted by Gasteiger charge is -2.38. The van der Waals surface area contributed by atoms with Gasteiger partial charge in [0.05, 0.1) is 0 Å². The van der Waals surface area contributed by atoms with Gasteiger partial charge in [-0.05, 0) is 41.5 Å². The minimum Gasteiger partial charge on any atom is -0.458 e. The fraction of sp³-hybridized carbons (Fsp3) is 0.786. The van der Waals surface area contributed by atoms with Gasteiger partial charge in [0.2, 0.25) is 0 Å². The summed E-state index contributed by atoms with van der Waals surface area (Å²) in [6.07, 6.45) is 0. The second kappa shape index (κ2) is 5.81. The van der Waals surface area contributed by atoms with Gasteiger partial charge in [-0.15, -0.1) is 0 Å². The normalized spacial score (nSPS) is 18.6. The first-order valence-corrected chi connectivity index (χ1v) is 6.89. The Kier molecular flexibility index (Phi) is 4.78. The highest BCUT2D eigenvalue weighted by Crippen LogP contribution is 2.15. The zero-order chi connectivity index (χ0) is 15.7. The van der Waals surface area contributed by atoms with E-state index >= 15 is 0 Å². The van der Waals surface area contributed by atoms with Gasteiger partial charge in [-0.25, -0.2) is 4.79 Å². The molecule has 6 heteroatoms. The van der Waals surface area contributed by atoms with E-state index in [4.69, 9.17) is 4.74 Å². The lowest BCUT2D eigenvalue weighted by Crippen LogP contribution is -2.60. The Labute approximate surface area is 120 Å². The fourth-order valence-corrected chi connectivity index (χ4v) is 2.04. The molecular formula is C14H24N2O4. The van der Waals surface area contributed by atoms with E-state index in [1.54, 1.807) is 27.7 Å². The Morgan fingerprint density at radius 2 is 1.50 bits per heavy atom. The van der Waals surface area contributed by atoms with Crippen LogP contribution in [0.1, 0.15) is 41.5 Å². The quantitative estimate of drug-likeness (QED) is 0.568. The number of rotatable bonds is 3. The number of nitrogens with zero attached hydrogens (tertiary/aromatic N) is 2. The number of carbonyl (C=O) groups is 3. The molecule has 1 aliphatic rings. The van der Waals surface area contributed by atoms with Gasteiger partial charge in [-0.1, -0.05) is 0 Å². The van der Waals surface area contributed by atoms with Crippen LogP contribution in [-0.4, -0.2) is 58.4 Å². The summed E-state index contributed by atoms with van der Waals surface area (Å²) in [5, 5.41) is 0. The van der Waals surface area contributed by atoms with E-state index < -0.39 is 29.4 Å². The molecule has 1 rings (SSSR count). The van der Waals surface area contributed by atoms with Crippen molar-refractivity contribution in [3.05, 3.63) is 0 Å². The molecule has 0 aromatic rings. The number of esters is 1. The van der Waals surface area contributed by atoms with Crippen LogP contribution in [0, 0.1) is 0 Å². The van der Waals surface area contributed by atoms with Crippen LogP contribution in [0.2, 0.25) is 0 Å². The van der Waals surface area contributed by atoms with Crippen LogP contribution in [0.15, 0.2) is 0 Å². The topological polar surface area (TPSA) is 66.9 Å². The first-order chi connectivity index (χ1) is 9.04. The molecule has 20 heavy (non-hydrogen) atoms. The minimum absolute atomic E-state index is 0.0227. The predicted molar refractivity (Wildman–Crippen MR) is 73.9 cm³/mol. The first-order valence-electron chi connectivity index (χ1n) is 6.89. The summed E-state index contributed by atoms with van der Waals surface area (Å²) in [7, 11) is 0. The summed E-state index contributed by atoms with van der Waals surface area (Å²) in [6.45, 7) is 11.4. The van der Waals surface area contributed by atoms with E-state index in [9.17, 15) is 14.4 Å². The van der Waals surface area contributed by atoms with E-state index in [0.29, 0.717) is 13.1 Å². The molecule has 0 N–H and O–H groups in total. The highest BCUT2D eigenvalue weighted by atomic mass is 16.6. The standard InChI is InChI=1S/C14H24N2O4/c1-9(2)15-7-8-16(12(18)11(15)17)10(3)13(19)20-14(4,5)6/h9-10H,7-8H2,1-6H3. The molecule has 2 amide bonds. The van der Waals surface area contributed by atoms with E-state index in [2.05, 4.69) is 0 Å². The highest BCUT2D eigenvalue weighted by Gasteiger charge is 2.39. The zero-order valence-electron chi connectivity index (χ0n) is 13.1. The van der Waals surface area contributed by atoms with Crippen LogP contribution >= 0.6 is 0 Å². The minimum atomic E-state index is -0.750. The van der Waals surface area contributed by atoms with Crippen molar-refractivity contribution in [1.29, 1.82) is 0 Å². The van der Waals surface area contributed by atoms with Gasteiger partial charge in [0.1, 0.15) is 11.6 Å². The summed E-state index contributed by atoms with van der Waals surface area (Å²) >= 11 is 0. The van der Waals surface area contributed by atoms with Gasteiger partial charge in [0.25, 0.3) is 0 Å². The number of hydrogen-bond acceptors (Lipinski definition) is 4. The van der Waals surface area contributed by atoms with Crippen molar-refractivity contribution in [1.82, 2.24) is 9.80 Å². The maximum atomic E-state index is 12.1. The van der Waals surface area contributed by atoms with Crippen molar-refractivity contribution < 1.29 is 19.1 Å². The SMILES string of the molecule is CC(C)N1CCN(C(C)C(=O)OC(C)(C)C)C(=O)C1=O. The Hall–Kier alpha value is -1.59. The van der Waals surface area contributed by atoms with Crippen LogP contribution in [-0.2, 0) is 19.1 Å². The van der Waals surface area contributed by atoms with E-state index in [-0.39, 0.29) is 6.04 Å². The predicted octanol–water partition coefficient (Wildman–Crippen LogP) is 0.796. The number of carbonyl (C=O) groups excluding carboxylic acids is 3. The van der Waals surface area contributed by atoms with Gasteiger partial charge < -0.3 is 14.5 Å². The zero-order valence-corrected chi connectivity index (χ0v) is 13.1. The molecule has 1 atom stereocenters. The molecule has 0 aromatic heterocycles.